The van der Waals surface area contributed by atoms with Crippen molar-refractivity contribution in [1.29, 1.82) is 0 Å². The summed E-state index contributed by atoms with van der Waals surface area (Å²) in [5, 5.41) is 3.59. The maximum Gasteiger partial charge on any atom is 0.0326 e. The van der Waals surface area contributed by atoms with Gasteiger partial charge >= 0.3 is 0 Å². The Hall–Kier alpha value is -0.820. The molecule has 0 spiro atoms. The van der Waals surface area contributed by atoms with Gasteiger partial charge in [-0.1, -0.05) is 25.1 Å². The lowest BCUT2D eigenvalue weighted by Gasteiger charge is -2.15. The Kier molecular flexibility index (Phi) is 2.60. The van der Waals surface area contributed by atoms with Crippen LogP contribution in [-0.2, 0) is 0 Å². The number of nitrogens with one attached hydrogen (secondary N) is 1. The minimum Gasteiger partial charge on any atom is -0.310 e. The van der Waals surface area contributed by atoms with Crippen molar-refractivity contribution in [3.63, 3.8) is 0 Å². The standard InChI is InChI=1S/C13H19N/c1-9-7-13(14-8-9)12-6-4-5-10(2)11(12)3/h4-6,9,13-14H,7-8H2,1-3H3/t9-,13+/m0/s1. The zero-order chi connectivity index (χ0) is 10.1. The first-order valence-corrected chi connectivity index (χ1v) is 5.48. The third-order valence-corrected chi connectivity index (χ3v) is 3.37. The summed E-state index contributed by atoms with van der Waals surface area (Å²) in [6.07, 6.45) is 1.28. The smallest absolute Gasteiger partial charge is 0.0326 e. The SMILES string of the molecule is Cc1cccc([C@H]2C[C@H](C)CN2)c1C. The summed E-state index contributed by atoms with van der Waals surface area (Å²) in [4.78, 5) is 0. The van der Waals surface area contributed by atoms with E-state index in [-0.39, 0.29) is 0 Å². The summed E-state index contributed by atoms with van der Waals surface area (Å²) < 4.78 is 0. The second-order valence-electron chi connectivity index (χ2n) is 4.59. The summed E-state index contributed by atoms with van der Waals surface area (Å²) in [6.45, 7) is 7.91. The Bertz CT molecular complexity index is 330. The Morgan fingerprint density at radius 1 is 1.29 bits per heavy atom. The van der Waals surface area contributed by atoms with E-state index in [1.54, 1.807) is 0 Å². The predicted molar refractivity (Wildman–Crippen MR) is 60.4 cm³/mol. The average Bonchev–Trinajstić information content (AvgIpc) is 2.57. The fourth-order valence-electron chi connectivity index (χ4n) is 2.30. The largest absolute Gasteiger partial charge is 0.310 e. The molecule has 1 aliphatic rings. The molecule has 1 N–H and O–H groups in total. The van der Waals surface area contributed by atoms with Crippen LogP contribution in [0.2, 0.25) is 0 Å². The van der Waals surface area contributed by atoms with Gasteiger partial charge in [-0.15, -0.1) is 0 Å². The summed E-state index contributed by atoms with van der Waals surface area (Å²) in [7, 11) is 0. The van der Waals surface area contributed by atoms with Crippen molar-refractivity contribution in [2.45, 2.75) is 33.2 Å². The molecule has 0 aliphatic carbocycles. The molecule has 0 radical (unpaired) electrons. The average molecular weight is 189 g/mol. The molecule has 14 heavy (non-hydrogen) atoms. The highest BCUT2D eigenvalue weighted by Crippen LogP contribution is 2.29. The monoisotopic (exact) mass is 189 g/mol. The summed E-state index contributed by atoms with van der Waals surface area (Å²) in [5.41, 5.74) is 4.36. The van der Waals surface area contributed by atoms with Gasteiger partial charge < -0.3 is 5.32 Å². The molecule has 0 saturated carbocycles. The lowest BCUT2D eigenvalue weighted by atomic mass is 9.95. The first-order chi connectivity index (χ1) is 6.68. The van der Waals surface area contributed by atoms with Crippen LogP contribution >= 0.6 is 0 Å². The first-order valence-electron chi connectivity index (χ1n) is 5.48. The number of benzene rings is 1. The number of rotatable bonds is 1. The van der Waals surface area contributed by atoms with E-state index >= 15 is 0 Å². The molecule has 1 saturated heterocycles. The second-order valence-corrected chi connectivity index (χ2v) is 4.59. The minimum atomic E-state index is 0.588. The topological polar surface area (TPSA) is 12.0 Å². The van der Waals surface area contributed by atoms with Gasteiger partial charge in [0.2, 0.25) is 0 Å². The fraction of sp³-hybridized carbons (Fsp3) is 0.538. The molecular weight excluding hydrogens is 170 g/mol. The highest BCUT2D eigenvalue weighted by atomic mass is 14.9. The highest BCUT2D eigenvalue weighted by molar-refractivity contribution is 5.35. The van der Waals surface area contributed by atoms with Crippen LogP contribution in [0, 0.1) is 19.8 Å². The molecule has 1 aromatic rings. The van der Waals surface area contributed by atoms with Gasteiger partial charge in [0.25, 0.3) is 0 Å². The number of aryl methyl sites for hydroxylation is 1. The third-order valence-electron chi connectivity index (χ3n) is 3.37. The second kappa shape index (κ2) is 3.74. The van der Waals surface area contributed by atoms with Crippen LogP contribution in [0.4, 0.5) is 0 Å². The van der Waals surface area contributed by atoms with Gasteiger partial charge in [0.15, 0.2) is 0 Å². The molecule has 1 fully saturated rings. The molecular formula is C13H19N. The van der Waals surface area contributed by atoms with E-state index in [4.69, 9.17) is 0 Å². The molecule has 1 heteroatoms. The molecule has 2 rings (SSSR count). The number of hydrogen-bond acceptors (Lipinski definition) is 1. The highest BCUT2D eigenvalue weighted by Gasteiger charge is 2.23. The van der Waals surface area contributed by atoms with Crippen molar-refractivity contribution in [3.8, 4) is 0 Å². The van der Waals surface area contributed by atoms with E-state index in [1.165, 1.54) is 23.1 Å². The lowest BCUT2D eigenvalue weighted by Crippen LogP contribution is -2.14. The van der Waals surface area contributed by atoms with Crippen molar-refractivity contribution >= 4 is 0 Å². The predicted octanol–water partition coefficient (Wildman–Crippen LogP) is 2.97. The minimum absolute atomic E-state index is 0.588. The van der Waals surface area contributed by atoms with Crippen LogP contribution in [0.3, 0.4) is 0 Å². The zero-order valence-electron chi connectivity index (χ0n) is 9.30. The Labute approximate surface area is 86.5 Å². The molecule has 1 aromatic carbocycles. The first kappa shape index (κ1) is 9.72. The van der Waals surface area contributed by atoms with Crippen LogP contribution in [0.1, 0.15) is 36.1 Å². The maximum atomic E-state index is 3.59. The summed E-state index contributed by atoms with van der Waals surface area (Å²) in [5.74, 6) is 0.819. The quantitative estimate of drug-likeness (QED) is 0.716. The van der Waals surface area contributed by atoms with E-state index in [2.05, 4.69) is 44.3 Å². The van der Waals surface area contributed by atoms with Crippen LogP contribution < -0.4 is 5.32 Å². The van der Waals surface area contributed by atoms with Crippen molar-refractivity contribution in [2.24, 2.45) is 5.92 Å². The van der Waals surface area contributed by atoms with Crippen molar-refractivity contribution < 1.29 is 0 Å². The molecule has 1 aliphatic heterocycles. The van der Waals surface area contributed by atoms with Crippen molar-refractivity contribution in [2.75, 3.05) is 6.54 Å². The molecule has 0 unspecified atom stereocenters. The van der Waals surface area contributed by atoms with Crippen LogP contribution in [0.5, 0.6) is 0 Å². The van der Waals surface area contributed by atoms with Gasteiger partial charge in [0.05, 0.1) is 0 Å². The lowest BCUT2D eigenvalue weighted by molar-refractivity contribution is 0.609. The van der Waals surface area contributed by atoms with Crippen LogP contribution in [-0.4, -0.2) is 6.54 Å². The normalized spacial score (nSPS) is 26.8. The van der Waals surface area contributed by atoms with Gasteiger partial charge in [-0.2, -0.15) is 0 Å². The van der Waals surface area contributed by atoms with Crippen molar-refractivity contribution in [3.05, 3.63) is 34.9 Å². The van der Waals surface area contributed by atoms with Crippen LogP contribution in [0.15, 0.2) is 18.2 Å². The zero-order valence-corrected chi connectivity index (χ0v) is 9.30. The Balaban J connectivity index is 2.28. The van der Waals surface area contributed by atoms with E-state index in [1.807, 2.05) is 0 Å². The number of hydrogen-bond donors (Lipinski definition) is 1. The van der Waals surface area contributed by atoms with Crippen molar-refractivity contribution in [1.82, 2.24) is 5.32 Å². The molecule has 2 atom stereocenters. The molecule has 0 amide bonds. The van der Waals surface area contributed by atoms with E-state index in [0.717, 1.165) is 12.5 Å². The van der Waals surface area contributed by atoms with Gasteiger partial charge in [-0.3, -0.25) is 0 Å². The van der Waals surface area contributed by atoms with E-state index in [0.29, 0.717) is 6.04 Å². The molecule has 1 nitrogen and oxygen atoms in total. The maximum absolute atomic E-state index is 3.59. The molecule has 1 heterocycles. The van der Waals surface area contributed by atoms with Crippen LogP contribution in [0.25, 0.3) is 0 Å². The van der Waals surface area contributed by atoms with E-state index < -0.39 is 0 Å². The molecule has 0 bridgehead atoms. The molecule has 76 valence electrons. The van der Waals surface area contributed by atoms with Gasteiger partial charge in [-0.25, -0.2) is 0 Å². The van der Waals surface area contributed by atoms with E-state index in [9.17, 15) is 0 Å². The van der Waals surface area contributed by atoms with Gasteiger partial charge in [0.1, 0.15) is 0 Å². The van der Waals surface area contributed by atoms with Gasteiger partial charge in [-0.05, 0) is 49.4 Å². The third kappa shape index (κ3) is 1.69. The summed E-state index contributed by atoms with van der Waals surface area (Å²) >= 11 is 0. The Morgan fingerprint density at radius 3 is 2.71 bits per heavy atom. The Morgan fingerprint density at radius 2 is 2.07 bits per heavy atom. The van der Waals surface area contributed by atoms with Gasteiger partial charge in [0, 0.05) is 6.04 Å². The fourth-order valence-corrected chi connectivity index (χ4v) is 2.30. The molecule has 0 aromatic heterocycles. The summed E-state index contributed by atoms with van der Waals surface area (Å²) in [6, 6.07) is 7.21.